The maximum Gasteiger partial charge on any atom is 0.271 e. The molecule has 9 nitrogen and oxygen atoms in total. The summed E-state index contributed by atoms with van der Waals surface area (Å²) >= 11 is 0. The van der Waals surface area contributed by atoms with Crippen molar-refractivity contribution < 1.29 is 18.1 Å². The van der Waals surface area contributed by atoms with E-state index in [0.717, 1.165) is 18.2 Å². The fourth-order valence-electron chi connectivity index (χ4n) is 1.22. The number of carbonyl (C=O) groups excluding carboxylic acids is 1. The van der Waals surface area contributed by atoms with Crippen LogP contribution in [0.4, 0.5) is 11.4 Å². The second-order valence-corrected chi connectivity index (χ2v) is 5.21. The van der Waals surface area contributed by atoms with Gasteiger partial charge in [-0.15, -0.1) is 0 Å². The van der Waals surface area contributed by atoms with Crippen molar-refractivity contribution in [2.45, 2.75) is 4.90 Å². The predicted molar refractivity (Wildman–Crippen MR) is 66.8 cm³/mol. The Labute approximate surface area is 109 Å². The van der Waals surface area contributed by atoms with Crippen LogP contribution in [0.3, 0.4) is 0 Å². The summed E-state index contributed by atoms with van der Waals surface area (Å²) in [7, 11) is -2.64. The molecule has 0 radical (unpaired) electrons. The van der Waals surface area contributed by atoms with Crippen LogP contribution in [0.5, 0.6) is 0 Å². The molecule has 19 heavy (non-hydrogen) atoms. The van der Waals surface area contributed by atoms with Gasteiger partial charge in [-0.1, -0.05) is 0 Å². The van der Waals surface area contributed by atoms with E-state index in [2.05, 4.69) is 5.32 Å². The van der Waals surface area contributed by atoms with E-state index >= 15 is 0 Å². The minimum Gasteiger partial charge on any atom is -0.397 e. The highest BCUT2D eigenvalue weighted by Gasteiger charge is 2.20. The topological polar surface area (TPSA) is 144 Å². The summed E-state index contributed by atoms with van der Waals surface area (Å²) in [6.45, 7) is -0.449. The summed E-state index contributed by atoms with van der Waals surface area (Å²) in [5.74, 6) is -0.524. The third kappa shape index (κ3) is 3.63. The van der Waals surface area contributed by atoms with Gasteiger partial charge in [0, 0.05) is 19.2 Å². The number of hydrogen-bond acceptors (Lipinski definition) is 6. The third-order valence-electron chi connectivity index (χ3n) is 2.20. The van der Waals surface area contributed by atoms with Gasteiger partial charge in [0.25, 0.3) is 5.69 Å². The van der Waals surface area contributed by atoms with Crippen LogP contribution >= 0.6 is 0 Å². The number of rotatable bonds is 5. The number of hydrogen-bond donors (Lipinski definition) is 3. The molecular formula is C9H12N4O5S. The number of nitro benzene ring substituents is 1. The lowest BCUT2D eigenvalue weighted by Crippen LogP contribution is -2.35. The fourth-order valence-corrected chi connectivity index (χ4v) is 2.31. The highest BCUT2D eigenvalue weighted by Crippen LogP contribution is 2.23. The van der Waals surface area contributed by atoms with Gasteiger partial charge in [-0.25, -0.2) is 13.1 Å². The first kappa shape index (κ1) is 14.9. The number of anilines is 1. The SMILES string of the molecule is CNC(=O)CNS(=O)(=O)c1ccc([N+](=O)[O-])cc1N. The van der Waals surface area contributed by atoms with Crippen LogP contribution in [0.1, 0.15) is 0 Å². The predicted octanol–water partition coefficient (Wildman–Crippen LogP) is -0.799. The number of sulfonamides is 1. The van der Waals surface area contributed by atoms with Gasteiger partial charge in [0.15, 0.2) is 0 Å². The molecule has 0 heterocycles. The number of nitro groups is 1. The van der Waals surface area contributed by atoms with Crippen molar-refractivity contribution in [3.8, 4) is 0 Å². The van der Waals surface area contributed by atoms with Crippen LogP contribution in [0.15, 0.2) is 23.1 Å². The smallest absolute Gasteiger partial charge is 0.271 e. The summed E-state index contributed by atoms with van der Waals surface area (Å²) < 4.78 is 25.7. The van der Waals surface area contributed by atoms with Crippen LogP contribution in [0, 0.1) is 10.1 Å². The Morgan fingerprint density at radius 3 is 2.58 bits per heavy atom. The maximum absolute atomic E-state index is 11.8. The van der Waals surface area contributed by atoms with Crippen molar-refractivity contribution in [1.82, 2.24) is 10.0 Å². The van der Waals surface area contributed by atoms with E-state index in [0.29, 0.717) is 0 Å². The molecule has 0 unspecified atom stereocenters. The van der Waals surface area contributed by atoms with Crippen LogP contribution in [0.2, 0.25) is 0 Å². The van der Waals surface area contributed by atoms with E-state index in [1.54, 1.807) is 0 Å². The van der Waals surface area contributed by atoms with Crippen molar-refractivity contribution >= 4 is 27.3 Å². The second kappa shape index (κ2) is 5.63. The molecule has 104 valence electrons. The first-order valence-electron chi connectivity index (χ1n) is 5.02. The number of benzene rings is 1. The molecule has 0 saturated heterocycles. The Kier molecular flexibility index (Phi) is 4.40. The first-order valence-corrected chi connectivity index (χ1v) is 6.50. The minimum atomic E-state index is -4.00. The minimum absolute atomic E-state index is 0.265. The molecule has 10 heteroatoms. The molecule has 0 fully saturated rings. The Morgan fingerprint density at radius 1 is 1.47 bits per heavy atom. The molecule has 0 aliphatic carbocycles. The average Bonchev–Trinajstić information content (AvgIpc) is 2.35. The lowest BCUT2D eigenvalue weighted by molar-refractivity contribution is -0.384. The third-order valence-corrected chi connectivity index (χ3v) is 3.67. The van der Waals surface area contributed by atoms with E-state index in [9.17, 15) is 23.3 Å². The summed E-state index contributed by atoms with van der Waals surface area (Å²) in [5.41, 5.74) is 4.88. The molecule has 0 bridgehead atoms. The van der Waals surface area contributed by atoms with Gasteiger partial charge in [-0.3, -0.25) is 14.9 Å². The van der Waals surface area contributed by atoms with Crippen molar-refractivity contribution in [3.05, 3.63) is 28.3 Å². The molecule has 1 rings (SSSR count). The van der Waals surface area contributed by atoms with Crippen LogP contribution in [-0.2, 0) is 14.8 Å². The van der Waals surface area contributed by atoms with Gasteiger partial charge in [-0.05, 0) is 6.07 Å². The first-order chi connectivity index (χ1) is 8.77. The number of nitrogens with zero attached hydrogens (tertiary/aromatic N) is 1. The molecule has 0 atom stereocenters. The Hall–Kier alpha value is -2.20. The molecule has 1 aromatic carbocycles. The normalized spacial score (nSPS) is 11.0. The van der Waals surface area contributed by atoms with Gasteiger partial charge in [0.2, 0.25) is 15.9 Å². The summed E-state index contributed by atoms with van der Waals surface area (Å²) in [6, 6.07) is 2.97. The van der Waals surface area contributed by atoms with Gasteiger partial charge in [-0.2, -0.15) is 0 Å². The van der Waals surface area contributed by atoms with Crippen molar-refractivity contribution in [2.24, 2.45) is 0 Å². The Balaban J connectivity index is 3.02. The number of non-ortho nitro benzene ring substituents is 1. The second-order valence-electron chi connectivity index (χ2n) is 3.48. The van der Waals surface area contributed by atoms with E-state index in [1.165, 1.54) is 7.05 Å². The number of carbonyl (C=O) groups is 1. The average molecular weight is 288 g/mol. The zero-order chi connectivity index (χ0) is 14.6. The maximum atomic E-state index is 11.8. The van der Waals surface area contributed by atoms with E-state index in [4.69, 9.17) is 5.73 Å². The largest absolute Gasteiger partial charge is 0.397 e. The molecular weight excluding hydrogens is 276 g/mol. The monoisotopic (exact) mass is 288 g/mol. The summed E-state index contributed by atoms with van der Waals surface area (Å²) in [4.78, 5) is 20.5. The number of nitrogen functional groups attached to an aromatic ring is 1. The molecule has 0 aromatic heterocycles. The Bertz CT molecular complexity index is 613. The zero-order valence-electron chi connectivity index (χ0n) is 9.91. The summed E-state index contributed by atoms with van der Waals surface area (Å²) in [6.07, 6.45) is 0. The van der Waals surface area contributed by atoms with Gasteiger partial charge >= 0.3 is 0 Å². The number of amides is 1. The van der Waals surface area contributed by atoms with Crippen molar-refractivity contribution in [2.75, 3.05) is 19.3 Å². The fraction of sp³-hybridized carbons (Fsp3) is 0.222. The molecule has 0 aliphatic heterocycles. The molecule has 1 amide bonds. The molecule has 1 aromatic rings. The molecule has 0 spiro atoms. The molecule has 4 N–H and O–H groups in total. The highest BCUT2D eigenvalue weighted by atomic mass is 32.2. The lowest BCUT2D eigenvalue weighted by atomic mass is 10.3. The van der Waals surface area contributed by atoms with Crippen molar-refractivity contribution in [3.63, 3.8) is 0 Å². The van der Waals surface area contributed by atoms with Gasteiger partial charge in [0.05, 0.1) is 17.2 Å². The van der Waals surface area contributed by atoms with Crippen LogP contribution in [0.25, 0.3) is 0 Å². The highest BCUT2D eigenvalue weighted by molar-refractivity contribution is 7.89. The van der Waals surface area contributed by atoms with E-state index < -0.39 is 27.4 Å². The standard InChI is InChI=1S/C9H12N4O5S/c1-11-9(14)5-12-19(17,18)8-3-2-6(13(15)16)4-7(8)10/h2-4,12H,5,10H2,1H3,(H,11,14). The number of nitrogens with one attached hydrogen (secondary N) is 2. The zero-order valence-corrected chi connectivity index (χ0v) is 10.7. The van der Waals surface area contributed by atoms with E-state index in [-0.39, 0.29) is 16.3 Å². The quantitative estimate of drug-likeness (QED) is 0.367. The van der Waals surface area contributed by atoms with Crippen LogP contribution < -0.4 is 15.8 Å². The van der Waals surface area contributed by atoms with Crippen molar-refractivity contribution in [1.29, 1.82) is 0 Å². The molecule has 0 saturated carbocycles. The summed E-state index contributed by atoms with van der Waals surface area (Å²) in [5, 5.41) is 12.7. The number of likely N-dealkylation sites (N-methyl/N-ethyl adjacent to an activating group) is 1. The van der Waals surface area contributed by atoms with E-state index in [1.807, 2.05) is 4.72 Å². The van der Waals surface area contributed by atoms with Gasteiger partial charge in [0.1, 0.15) is 4.90 Å². The number of nitrogens with two attached hydrogens (primary N) is 1. The van der Waals surface area contributed by atoms with Crippen LogP contribution in [-0.4, -0.2) is 32.8 Å². The lowest BCUT2D eigenvalue weighted by Gasteiger charge is -2.08. The van der Waals surface area contributed by atoms with Gasteiger partial charge < -0.3 is 11.1 Å². The Morgan fingerprint density at radius 2 is 2.11 bits per heavy atom. The molecule has 0 aliphatic rings.